The van der Waals surface area contributed by atoms with Gasteiger partial charge in [-0.3, -0.25) is 0 Å². The van der Waals surface area contributed by atoms with Gasteiger partial charge in [-0.15, -0.1) is 0 Å². The molecule has 0 aliphatic carbocycles. The molecule has 0 spiro atoms. The topological polar surface area (TPSA) is 36.3 Å². The molecule has 0 bridgehead atoms. The minimum atomic E-state index is 0.614. The molecule has 0 saturated heterocycles. The Morgan fingerprint density at radius 3 is 2.65 bits per heavy atom. The smallest absolute Gasteiger partial charge is 0.0718 e. The molecule has 0 aliphatic heterocycles. The Labute approximate surface area is 101 Å². The Balaban J connectivity index is 1.90. The maximum absolute atomic E-state index is 5.44. The molecule has 0 atom stereocenters. The van der Waals surface area contributed by atoms with Crippen molar-refractivity contribution in [3.63, 3.8) is 0 Å². The van der Waals surface area contributed by atoms with E-state index in [9.17, 15) is 0 Å². The van der Waals surface area contributed by atoms with Gasteiger partial charge >= 0.3 is 0 Å². The fourth-order valence-corrected chi connectivity index (χ4v) is 1.50. The first-order valence-corrected chi connectivity index (χ1v) is 5.56. The van der Waals surface area contributed by atoms with Gasteiger partial charge in [0, 0.05) is 19.5 Å². The molecule has 17 heavy (non-hydrogen) atoms. The molecular weight excluding hydrogens is 216 g/mol. The third kappa shape index (κ3) is 3.41. The molecule has 1 heterocycles. The predicted octanol–water partition coefficient (Wildman–Crippen LogP) is 2.04. The van der Waals surface area contributed by atoms with Gasteiger partial charge in [0.1, 0.15) is 0 Å². The Bertz CT molecular complexity index is 423. The first kappa shape index (κ1) is 11.8. The van der Waals surface area contributed by atoms with E-state index in [1.165, 1.54) is 0 Å². The second-order valence-electron chi connectivity index (χ2n) is 3.66. The van der Waals surface area contributed by atoms with Gasteiger partial charge in [-0.2, -0.15) is 5.10 Å². The van der Waals surface area contributed by atoms with E-state index >= 15 is 0 Å². The zero-order valence-corrected chi connectivity index (χ0v) is 9.87. The van der Waals surface area contributed by atoms with E-state index in [0.29, 0.717) is 19.8 Å². The Morgan fingerprint density at radius 1 is 1.18 bits per heavy atom. The van der Waals surface area contributed by atoms with E-state index in [-0.39, 0.29) is 0 Å². The largest absolute Gasteiger partial charge is 0.382 e. The number of hydrogen-bond acceptors (Lipinski definition) is 3. The monoisotopic (exact) mass is 232 g/mol. The maximum atomic E-state index is 5.44. The second-order valence-corrected chi connectivity index (χ2v) is 3.66. The number of methoxy groups -OCH3 is 1. The summed E-state index contributed by atoms with van der Waals surface area (Å²) >= 11 is 0. The number of hydrogen-bond donors (Lipinski definition) is 0. The third-order valence-corrected chi connectivity index (χ3v) is 2.41. The molecule has 2 rings (SSSR count). The lowest BCUT2D eigenvalue weighted by Gasteiger charge is -2.05. The highest BCUT2D eigenvalue weighted by Crippen LogP contribution is 2.09. The van der Waals surface area contributed by atoms with Crippen LogP contribution in [0, 0.1) is 0 Å². The molecule has 4 nitrogen and oxygen atoms in total. The summed E-state index contributed by atoms with van der Waals surface area (Å²) < 4.78 is 12.2. The quantitative estimate of drug-likeness (QED) is 0.715. The number of aromatic nitrogens is 2. The lowest BCUT2D eigenvalue weighted by atomic mass is 10.2. The molecule has 1 aromatic carbocycles. The van der Waals surface area contributed by atoms with Crippen molar-refractivity contribution in [2.75, 3.05) is 20.3 Å². The highest BCUT2D eigenvalue weighted by Gasteiger charge is 1.97. The van der Waals surface area contributed by atoms with Gasteiger partial charge in [0.05, 0.1) is 25.5 Å². The Kier molecular flexibility index (Phi) is 4.30. The fraction of sp³-hybridized carbons (Fsp3) is 0.308. The summed E-state index contributed by atoms with van der Waals surface area (Å²) in [5, 5.41) is 4.17. The van der Waals surface area contributed by atoms with Crippen molar-refractivity contribution in [2.45, 2.75) is 6.61 Å². The molecule has 0 unspecified atom stereocenters. The van der Waals surface area contributed by atoms with Crippen LogP contribution < -0.4 is 0 Å². The van der Waals surface area contributed by atoms with E-state index in [1.54, 1.807) is 13.3 Å². The van der Waals surface area contributed by atoms with Crippen LogP contribution in [0.15, 0.2) is 42.7 Å². The van der Waals surface area contributed by atoms with Crippen LogP contribution in [0.4, 0.5) is 0 Å². The van der Waals surface area contributed by atoms with Gasteiger partial charge < -0.3 is 9.47 Å². The van der Waals surface area contributed by atoms with E-state index in [4.69, 9.17) is 9.47 Å². The molecule has 4 heteroatoms. The lowest BCUT2D eigenvalue weighted by molar-refractivity contribution is 0.0616. The number of ether oxygens (including phenoxy) is 2. The molecule has 0 saturated carbocycles. The summed E-state index contributed by atoms with van der Waals surface area (Å²) in [5.41, 5.74) is 2.20. The van der Waals surface area contributed by atoms with Crippen LogP contribution in [0.3, 0.4) is 0 Å². The third-order valence-electron chi connectivity index (χ3n) is 2.41. The summed E-state index contributed by atoms with van der Waals surface area (Å²) in [4.78, 5) is 0. The van der Waals surface area contributed by atoms with Crippen LogP contribution in [-0.4, -0.2) is 30.1 Å². The Hall–Kier alpha value is -1.65. The summed E-state index contributed by atoms with van der Waals surface area (Å²) in [6.07, 6.45) is 3.69. The average Bonchev–Trinajstić information content (AvgIpc) is 2.89. The molecule has 0 radical (unpaired) electrons. The molecule has 0 fully saturated rings. The summed E-state index contributed by atoms with van der Waals surface area (Å²) in [5.74, 6) is 0. The van der Waals surface area contributed by atoms with Gasteiger partial charge in [-0.1, -0.05) is 12.1 Å². The molecule has 90 valence electrons. The van der Waals surface area contributed by atoms with Gasteiger partial charge in [0.15, 0.2) is 0 Å². The van der Waals surface area contributed by atoms with Gasteiger partial charge in [0.25, 0.3) is 0 Å². The molecular formula is C13H16N2O2. The van der Waals surface area contributed by atoms with Crippen LogP contribution in [-0.2, 0) is 16.1 Å². The van der Waals surface area contributed by atoms with Gasteiger partial charge in [-0.05, 0) is 23.8 Å². The summed E-state index contributed by atoms with van der Waals surface area (Å²) in [7, 11) is 1.67. The van der Waals surface area contributed by atoms with Crippen molar-refractivity contribution in [3.05, 3.63) is 48.3 Å². The van der Waals surface area contributed by atoms with E-state index in [2.05, 4.69) is 5.10 Å². The highest BCUT2D eigenvalue weighted by molar-refractivity contribution is 5.33. The van der Waals surface area contributed by atoms with Crippen LogP contribution in [0.5, 0.6) is 0 Å². The standard InChI is InChI=1S/C13H16N2O2/c1-16-9-10-17-11-12-3-5-13(6-4-12)15-8-2-7-14-15/h2-8H,9-11H2,1H3. The number of nitrogens with zero attached hydrogens (tertiary/aromatic N) is 2. The molecule has 0 amide bonds. The van der Waals surface area contributed by atoms with Crippen molar-refractivity contribution in [1.82, 2.24) is 9.78 Å². The zero-order chi connectivity index (χ0) is 11.9. The minimum absolute atomic E-state index is 0.614. The van der Waals surface area contributed by atoms with Gasteiger partial charge in [-0.25, -0.2) is 4.68 Å². The Morgan fingerprint density at radius 2 is 2.00 bits per heavy atom. The molecule has 2 aromatic rings. The first-order valence-electron chi connectivity index (χ1n) is 5.56. The molecule has 1 aromatic heterocycles. The van der Waals surface area contributed by atoms with E-state index in [0.717, 1.165) is 11.3 Å². The van der Waals surface area contributed by atoms with Crippen molar-refractivity contribution in [1.29, 1.82) is 0 Å². The lowest BCUT2D eigenvalue weighted by Crippen LogP contribution is -2.02. The van der Waals surface area contributed by atoms with Crippen LogP contribution in [0.25, 0.3) is 5.69 Å². The van der Waals surface area contributed by atoms with Crippen molar-refractivity contribution in [3.8, 4) is 5.69 Å². The van der Waals surface area contributed by atoms with E-state index in [1.807, 2.05) is 41.2 Å². The van der Waals surface area contributed by atoms with Crippen LogP contribution in [0.2, 0.25) is 0 Å². The minimum Gasteiger partial charge on any atom is -0.382 e. The van der Waals surface area contributed by atoms with Crippen LogP contribution >= 0.6 is 0 Å². The SMILES string of the molecule is COCCOCc1ccc(-n2cccn2)cc1. The zero-order valence-electron chi connectivity index (χ0n) is 9.87. The highest BCUT2D eigenvalue weighted by atomic mass is 16.5. The molecule has 0 aliphatic rings. The maximum Gasteiger partial charge on any atom is 0.0718 e. The first-order chi connectivity index (χ1) is 8.40. The van der Waals surface area contributed by atoms with Crippen molar-refractivity contribution in [2.24, 2.45) is 0 Å². The summed E-state index contributed by atoms with van der Waals surface area (Å²) in [6.45, 7) is 1.87. The molecule has 0 N–H and O–H groups in total. The van der Waals surface area contributed by atoms with Crippen LogP contribution in [0.1, 0.15) is 5.56 Å². The fourth-order valence-electron chi connectivity index (χ4n) is 1.50. The summed E-state index contributed by atoms with van der Waals surface area (Å²) in [6, 6.07) is 10.1. The average molecular weight is 232 g/mol. The van der Waals surface area contributed by atoms with Gasteiger partial charge in [0.2, 0.25) is 0 Å². The number of benzene rings is 1. The van der Waals surface area contributed by atoms with Crippen molar-refractivity contribution >= 4 is 0 Å². The number of rotatable bonds is 6. The predicted molar refractivity (Wildman–Crippen MR) is 65.1 cm³/mol. The second kappa shape index (κ2) is 6.18. The van der Waals surface area contributed by atoms with Crippen molar-refractivity contribution < 1.29 is 9.47 Å². The van der Waals surface area contributed by atoms with E-state index < -0.39 is 0 Å². The normalized spacial score (nSPS) is 10.6.